The number of piperazine rings is 1. The number of nitrogens with zero attached hydrogens (tertiary/aromatic N) is 1. The molecule has 1 atom stereocenters. The quantitative estimate of drug-likeness (QED) is 0.764. The third-order valence-corrected chi connectivity index (χ3v) is 4.65. The Bertz CT molecular complexity index is 747. The van der Waals surface area contributed by atoms with Gasteiger partial charge in [0.15, 0.2) is 11.5 Å². The van der Waals surface area contributed by atoms with E-state index in [9.17, 15) is 13.2 Å². The summed E-state index contributed by atoms with van der Waals surface area (Å²) in [6.07, 6.45) is -4.37. The molecule has 1 heterocycles. The van der Waals surface area contributed by atoms with E-state index >= 15 is 0 Å². The van der Waals surface area contributed by atoms with Gasteiger partial charge in [-0.15, -0.1) is 0 Å². The minimum Gasteiger partial charge on any atom is -0.490 e. The first kappa shape index (κ1) is 20.5. The Morgan fingerprint density at radius 3 is 2.36 bits per heavy atom. The Labute approximate surface area is 163 Å². The van der Waals surface area contributed by atoms with Gasteiger partial charge in [-0.3, -0.25) is 4.90 Å². The molecule has 0 amide bonds. The van der Waals surface area contributed by atoms with E-state index in [2.05, 4.69) is 5.32 Å². The fourth-order valence-electron chi connectivity index (χ4n) is 3.36. The van der Waals surface area contributed by atoms with Crippen molar-refractivity contribution >= 4 is 0 Å². The van der Waals surface area contributed by atoms with Gasteiger partial charge in [0.1, 0.15) is 12.6 Å². The molecule has 0 aromatic heterocycles. The van der Waals surface area contributed by atoms with E-state index in [0.717, 1.165) is 5.56 Å². The van der Waals surface area contributed by atoms with Crippen LogP contribution in [-0.2, 0) is 6.61 Å². The molecule has 0 spiro atoms. The van der Waals surface area contributed by atoms with Gasteiger partial charge in [-0.25, -0.2) is 0 Å². The Balaban J connectivity index is 1.85. The van der Waals surface area contributed by atoms with Crippen LogP contribution in [-0.4, -0.2) is 43.9 Å². The lowest BCUT2D eigenvalue weighted by atomic mass is 10.0. The predicted octanol–water partition coefficient (Wildman–Crippen LogP) is 4.17. The minimum absolute atomic E-state index is 0.171. The Kier molecular flexibility index (Phi) is 6.80. The van der Waals surface area contributed by atoms with Gasteiger partial charge in [-0.1, -0.05) is 36.4 Å². The van der Waals surface area contributed by atoms with Crippen LogP contribution in [0.2, 0.25) is 0 Å². The van der Waals surface area contributed by atoms with Gasteiger partial charge < -0.3 is 14.8 Å². The maximum atomic E-state index is 13.8. The van der Waals surface area contributed by atoms with Crippen molar-refractivity contribution in [1.82, 2.24) is 10.2 Å². The monoisotopic (exact) mass is 394 g/mol. The van der Waals surface area contributed by atoms with Crippen molar-refractivity contribution in [3.05, 3.63) is 59.7 Å². The van der Waals surface area contributed by atoms with Gasteiger partial charge in [0, 0.05) is 26.2 Å². The van der Waals surface area contributed by atoms with E-state index in [1.54, 1.807) is 13.0 Å². The maximum absolute atomic E-state index is 13.8. The fraction of sp³-hybridized carbons (Fsp3) is 0.429. The van der Waals surface area contributed by atoms with Crippen molar-refractivity contribution in [2.45, 2.75) is 25.7 Å². The highest BCUT2D eigenvalue weighted by Gasteiger charge is 2.45. The Hall–Kier alpha value is -2.25. The average molecular weight is 394 g/mol. The van der Waals surface area contributed by atoms with Gasteiger partial charge in [0.25, 0.3) is 0 Å². The lowest BCUT2D eigenvalue weighted by Crippen LogP contribution is -2.49. The summed E-state index contributed by atoms with van der Waals surface area (Å²) in [5.74, 6) is 0.774. The van der Waals surface area contributed by atoms with E-state index in [1.807, 2.05) is 30.3 Å². The first-order valence-corrected chi connectivity index (χ1v) is 9.44. The molecule has 2 aromatic rings. The molecule has 0 aliphatic carbocycles. The zero-order chi connectivity index (χ0) is 20.0. The maximum Gasteiger partial charge on any atom is 0.408 e. The fourth-order valence-corrected chi connectivity index (χ4v) is 3.36. The molecule has 2 aromatic carbocycles. The number of hydrogen-bond donors (Lipinski definition) is 1. The van der Waals surface area contributed by atoms with E-state index in [4.69, 9.17) is 9.47 Å². The highest BCUT2D eigenvalue weighted by Crippen LogP contribution is 2.41. The number of ether oxygens (including phenoxy) is 2. The molecule has 0 bridgehead atoms. The van der Waals surface area contributed by atoms with E-state index in [0.29, 0.717) is 50.9 Å². The summed E-state index contributed by atoms with van der Waals surface area (Å²) in [5.41, 5.74) is 1.15. The zero-order valence-corrected chi connectivity index (χ0v) is 15.8. The highest BCUT2D eigenvalue weighted by atomic mass is 19.4. The van der Waals surface area contributed by atoms with Crippen LogP contribution >= 0.6 is 0 Å². The summed E-state index contributed by atoms with van der Waals surface area (Å²) < 4.78 is 52.9. The Morgan fingerprint density at radius 2 is 1.71 bits per heavy atom. The van der Waals surface area contributed by atoms with Crippen LogP contribution in [0, 0.1) is 0 Å². The predicted molar refractivity (Wildman–Crippen MR) is 102 cm³/mol. The lowest BCUT2D eigenvalue weighted by molar-refractivity contribution is -0.187. The first-order valence-electron chi connectivity index (χ1n) is 9.44. The van der Waals surface area contributed by atoms with Crippen LogP contribution in [0.5, 0.6) is 11.5 Å². The third kappa shape index (κ3) is 5.17. The standard InChI is InChI=1S/C21H25F3N2O2/c1-2-27-19-14-17(20(21(22,23)24)26-12-10-25-11-13-26)8-9-18(19)28-15-16-6-4-3-5-7-16/h3-9,14,20,25H,2,10-13,15H2,1H3/t20-/m0/s1. The molecule has 1 aliphatic rings. The summed E-state index contributed by atoms with van der Waals surface area (Å²) in [4.78, 5) is 1.46. The third-order valence-electron chi connectivity index (χ3n) is 4.65. The molecular weight excluding hydrogens is 369 g/mol. The number of rotatable bonds is 7. The van der Waals surface area contributed by atoms with Crippen molar-refractivity contribution in [2.24, 2.45) is 0 Å². The molecule has 4 nitrogen and oxygen atoms in total. The molecule has 152 valence electrons. The van der Waals surface area contributed by atoms with Crippen molar-refractivity contribution in [3.8, 4) is 11.5 Å². The lowest BCUT2D eigenvalue weighted by Gasteiger charge is -2.36. The molecule has 28 heavy (non-hydrogen) atoms. The number of alkyl halides is 3. The number of hydrogen-bond acceptors (Lipinski definition) is 4. The van der Waals surface area contributed by atoms with Crippen LogP contribution in [0.4, 0.5) is 13.2 Å². The number of benzene rings is 2. The first-order chi connectivity index (χ1) is 13.5. The second-order valence-corrected chi connectivity index (χ2v) is 6.64. The summed E-state index contributed by atoms with van der Waals surface area (Å²) in [7, 11) is 0. The van der Waals surface area contributed by atoms with Crippen molar-refractivity contribution in [3.63, 3.8) is 0 Å². The summed E-state index contributed by atoms with van der Waals surface area (Å²) >= 11 is 0. The number of nitrogens with one attached hydrogen (secondary N) is 1. The van der Waals surface area contributed by atoms with Gasteiger partial charge >= 0.3 is 6.18 Å². The SMILES string of the molecule is CCOc1cc([C@H](N2CCNCC2)C(F)(F)F)ccc1OCc1ccccc1. The second kappa shape index (κ2) is 9.30. The van der Waals surface area contributed by atoms with Gasteiger partial charge in [0.05, 0.1) is 6.61 Å². The van der Waals surface area contributed by atoms with Crippen LogP contribution < -0.4 is 14.8 Å². The van der Waals surface area contributed by atoms with E-state index < -0.39 is 12.2 Å². The number of halogens is 3. The van der Waals surface area contributed by atoms with E-state index in [1.165, 1.54) is 17.0 Å². The van der Waals surface area contributed by atoms with Gasteiger partial charge in [0.2, 0.25) is 0 Å². The summed E-state index contributed by atoms with van der Waals surface area (Å²) in [6.45, 7) is 4.24. The molecule has 0 saturated carbocycles. The van der Waals surface area contributed by atoms with Gasteiger partial charge in [-0.2, -0.15) is 13.2 Å². The molecular formula is C21H25F3N2O2. The zero-order valence-electron chi connectivity index (χ0n) is 15.8. The molecule has 1 fully saturated rings. The molecule has 0 radical (unpaired) electrons. The van der Waals surface area contributed by atoms with Crippen LogP contribution in [0.15, 0.2) is 48.5 Å². The largest absolute Gasteiger partial charge is 0.490 e. The highest BCUT2D eigenvalue weighted by molar-refractivity contribution is 5.44. The molecule has 1 saturated heterocycles. The molecule has 0 unspecified atom stereocenters. The van der Waals surface area contributed by atoms with Gasteiger partial charge in [-0.05, 0) is 30.2 Å². The van der Waals surface area contributed by atoms with Crippen molar-refractivity contribution in [2.75, 3.05) is 32.8 Å². The summed E-state index contributed by atoms with van der Waals surface area (Å²) in [6, 6.07) is 12.5. The van der Waals surface area contributed by atoms with Crippen LogP contribution in [0.3, 0.4) is 0 Å². The topological polar surface area (TPSA) is 33.7 Å². The Morgan fingerprint density at radius 1 is 1.00 bits per heavy atom. The average Bonchev–Trinajstić information content (AvgIpc) is 2.68. The molecule has 3 rings (SSSR count). The summed E-state index contributed by atoms with van der Waals surface area (Å²) in [5, 5.41) is 3.09. The van der Waals surface area contributed by atoms with E-state index in [-0.39, 0.29) is 5.56 Å². The second-order valence-electron chi connectivity index (χ2n) is 6.64. The minimum atomic E-state index is -4.37. The van der Waals surface area contributed by atoms with Crippen LogP contribution in [0.25, 0.3) is 0 Å². The van der Waals surface area contributed by atoms with Crippen molar-refractivity contribution < 1.29 is 22.6 Å². The van der Waals surface area contributed by atoms with Crippen LogP contribution in [0.1, 0.15) is 24.1 Å². The normalized spacial score (nSPS) is 16.6. The molecule has 1 aliphatic heterocycles. The molecule has 7 heteroatoms. The smallest absolute Gasteiger partial charge is 0.408 e. The molecule has 1 N–H and O–H groups in total. The van der Waals surface area contributed by atoms with Crippen molar-refractivity contribution in [1.29, 1.82) is 0 Å².